The fourth-order valence-electron chi connectivity index (χ4n) is 3.34. The van der Waals surface area contributed by atoms with Crippen molar-refractivity contribution in [2.45, 2.75) is 25.3 Å². The van der Waals surface area contributed by atoms with Crippen LogP contribution in [0.1, 0.15) is 29.8 Å². The van der Waals surface area contributed by atoms with Gasteiger partial charge in [0, 0.05) is 36.8 Å². The monoisotopic (exact) mass is 381 g/mol. The lowest BCUT2D eigenvalue weighted by atomic mass is 10.1. The van der Waals surface area contributed by atoms with Crippen LogP contribution < -0.4 is 5.32 Å². The van der Waals surface area contributed by atoms with Gasteiger partial charge in [-0.1, -0.05) is 24.6 Å². The summed E-state index contributed by atoms with van der Waals surface area (Å²) in [5.74, 6) is -0.0124. The Kier molecular flexibility index (Phi) is 5.31. The van der Waals surface area contributed by atoms with Crippen LogP contribution in [0.5, 0.6) is 0 Å². The van der Waals surface area contributed by atoms with Crippen molar-refractivity contribution < 1.29 is 4.79 Å². The average Bonchev–Trinajstić information content (AvgIpc) is 3.31. The second kappa shape index (κ2) is 8.02. The van der Waals surface area contributed by atoms with Crippen LogP contribution in [0.15, 0.2) is 48.1 Å². The Hall–Kier alpha value is -2.51. The van der Waals surface area contributed by atoms with Crippen LogP contribution in [-0.4, -0.2) is 51.8 Å². The summed E-state index contributed by atoms with van der Waals surface area (Å²) in [6.07, 6.45) is 7.09. The van der Waals surface area contributed by atoms with Gasteiger partial charge in [0.25, 0.3) is 5.91 Å². The first kappa shape index (κ1) is 17.9. The van der Waals surface area contributed by atoms with Gasteiger partial charge in [-0.25, -0.2) is 9.67 Å². The summed E-state index contributed by atoms with van der Waals surface area (Å²) in [5.41, 5.74) is 2.42. The maximum Gasteiger partial charge on any atom is 0.273 e. The number of rotatable bonds is 4. The van der Waals surface area contributed by atoms with Gasteiger partial charge in [-0.15, -0.1) is 11.3 Å². The lowest BCUT2D eigenvalue weighted by Gasteiger charge is -2.26. The number of benzene rings is 1. The van der Waals surface area contributed by atoms with Crippen molar-refractivity contribution in [3.8, 4) is 16.3 Å². The number of thiazole rings is 1. The van der Waals surface area contributed by atoms with E-state index in [1.165, 1.54) is 17.8 Å². The number of hydrogen-bond donors (Lipinski definition) is 1. The first-order valence-corrected chi connectivity index (χ1v) is 10.1. The Morgan fingerprint density at radius 1 is 1.30 bits per heavy atom. The standard InChI is InChI=1S/C20H23N5OS/c1-24(17-9-5-6-10-21-12-17)20(26)18-14-27-19(23-18)15-11-22-25(13-15)16-7-3-2-4-8-16/h2-4,7-8,11,13-14,17,21H,5-6,9-10,12H2,1H3. The number of para-hydroxylation sites is 1. The van der Waals surface area contributed by atoms with E-state index in [-0.39, 0.29) is 11.9 Å². The van der Waals surface area contributed by atoms with Gasteiger partial charge in [-0.2, -0.15) is 5.10 Å². The average molecular weight is 382 g/mol. The Morgan fingerprint density at radius 2 is 2.15 bits per heavy atom. The van der Waals surface area contributed by atoms with Crippen molar-refractivity contribution in [1.82, 2.24) is 25.0 Å². The molecule has 27 heavy (non-hydrogen) atoms. The molecule has 1 fully saturated rings. The SMILES string of the molecule is CN(C(=O)c1csc(-c2cnn(-c3ccccc3)c2)n1)C1CCCCNC1. The Morgan fingerprint density at radius 3 is 3.00 bits per heavy atom. The molecule has 1 unspecified atom stereocenters. The van der Waals surface area contributed by atoms with Crippen molar-refractivity contribution in [3.63, 3.8) is 0 Å². The Bertz CT molecular complexity index is 896. The third-order valence-electron chi connectivity index (χ3n) is 4.96. The third kappa shape index (κ3) is 3.94. The predicted molar refractivity (Wildman–Crippen MR) is 107 cm³/mol. The summed E-state index contributed by atoms with van der Waals surface area (Å²) >= 11 is 1.48. The number of carbonyl (C=O) groups excluding carboxylic acids is 1. The zero-order valence-corrected chi connectivity index (χ0v) is 16.2. The summed E-state index contributed by atoms with van der Waals surface area (Å²) in [5, 5.41) is 10.5. The summed E-state index contributed by atoms with van der Waals surface area (Å²) in [6.45, 7) is 1.88. The molecule has 6 nitrogen and oxygen atoms in total. The highest BCUT2D eigenvalue weighted by Crippen LogP contribution is 2.25. The molecular formula is C20H23N5OS. The van der Waals surface area contributed by atoms with E-state index in [2.05, 4.69) is 15.4 Å². The van der Waals surface area contributed by atoms with Gasteiger partial charge < -0.3 is 10.2 Å². The molecule has 3 aromatic rings. The van der Waals surface area contributed by atoms with E-state index in [4.69, 9.17) is 0 Å². The normalized spacial score (nSPS) is 17.4. The first-order chi connectivity index (χ1) is 13.2. The zero-order chi connectivity index (χ0) is 18.6. The van der Waals surface area contributed by atoms with Crippen molar-refractivity contribution in [1.29, 1.82) is 0 Å². The molecule has 0 bridgehead atoms. The highest BCUT2D eigenvalue weighted by Gasteiger charge is 2.24. The molecule has 1 aliphatic heterocycles. The summed E-state index contributed by atoms with van der Waals surface area (Å²) in [7, 11) is 1.88. The molecule has 1 amide bonds. The number of nitrogens with zero attached hydrogens (tertiary/aromatic N) is 4. The largest absolute Gasteiger partial charge is 0.336 e. The minimum atomic E-state index is -0.0124. The van der Waals surface area contributed by atoms with E-state index in [1.54, 1.807) is 6.20 Å². The molecule has 1 N–H and O–H groups in total. The molecule has 1 atom stereocenters. The van der Waals surface area contributed by atoms with E-state index in [0.29, 0.717) is 5.69 Å². The molecular weight excluding hydrogens is 358 g/mol. The van der Waals surface area contributed by atoms with Gasteiger partial charge in [0.15, 0.2) is 0 Å². The third-order valence-corrected chi connectivity index (χ3v) is 5.85. The molecule has 0 radical (unpaired) electrons. The van der Waals surface area contributed by atoms with Crippen LogP contribution in [0.4, 0.5) is 0 Å². The zero-order valence-electron chi connectivity index (χ0n) is 15.3. The first-order valence-electron chi connectivity index (χ1n) is 9.26. The van der Waals surface area contributed by atoms with Gasteiger partial charge in [-0.05, 0) is 31.5 Å². The number of carbonyl (C=O) groups is 1. The topological polar surface area (TPSA) is 63.1 Å². The van der Waals surface area contributed by atoms with E-state index < -0.39 is 0 Å². The van der Waals surface area contributed by atoms with Crippen molar-refractivity contribution >= 4 is 17.2 Å². The van der Waals surface area contributed by atoms with Crippen LogP contribution >= 0.6 is 11.3 Å². The number of hydrogen-bond acceptors (Lipinski definition) is 5. The number of likely N-dealkylation sites (N-methyl/N-ethyl adjacent to an activating group) is 1. The van der Waals surface area contributed by atoms with Crippen molar-refractivity contribution in [3.05, 3.63) is 53.8 Å². The van der Waals surface area contributed by atoms with Gasteiger partial charge in [0.2, 0.25) is 0 Å². The molecule has 0 aliphatic carbocycles. The van der Waals surface area contributed by atoms with E-state index in [0.717, 1.165) is 42.2 Å². The van der Waals surface area contributed by atoms with Gasteiger partial charge in [0.1, 0.15) is 10.7 Å². The van der Waals surface area contributed by atoms with Crippen LogP contribution in [0, 0.1) is 0 Å². The summed E-state index contributed by atoms with van der Waals surface area (Å²) in [4.78, 5) is 19.3. The molecule has 0 saturated carbocycles. The molecule has 0 spiro atoms. The lowest BCUT2D eigenvalue weighted by molar-refractivity contribution is 0.0721. The van der Waals surface area contributed by atoms with Crippen LogP contribution in [0.25, 0.3) is 16.3 Å². The number of aromatic nitrogens is 3. The predicted octanol–water partition coefficient (Wildman–Crippen LogP) is 3.21. The minimum Gasteiger partial charge on any atom is -0.336 e. The van der Waals surface area contributed by atoms with Gasteiger partial charge >= 0.3 is 0 Å². The molecule has 1 aliphatic rings. The van der Waals surface area contributed by atoms with E-state index in [9.17, 15) is 4.79 Å². The van der Waals surface area contributed by atoms with E-state index >= 15 is 0 Å². The summed E-state index contributed by atoms with van der Waals surface area (Å²) < 4.78 is 1.82. The molecule has 7 heteroatoms. The Labute approximate surface area is 162 Å². The lowest BCUT2D eigenvalue weighted by Crippen LogP contribution is -2.42. The minimum absolute atomic E-state index is 0.0124. The van der Waals surface area contributed by atoms with Gasteiger partial charge in [0.05, 0.1) is 11.9 Å². The molecule has 3 heterocycles. The highest BCUT2D eigenvalue weighted by atomic mass is 32.1. The smallest absolute Gasteiger partial charge is 0.273 e. The maximum atomic E-state index is 12.8. The quantitative estimate of drug-likeness (QED) is 0.754. The van der Waals surface area contributed by atoms with Crippen LogP contribution in [0.2, 0.25) is 0 Å². The molecule has 140 valence electrons. The van der Waals surface area contributed by atoms with Crippen molar-refractivity contribution in [2.75, 3.05) is 20.1 Å². The number of nitrogens with one attached hydrogen (secondary N) is 1. The van der Waals surface area contributed by atoms with E-state index in [1.807, 2.05) is 58.5 Å². The van der Waals surface area contributed by atoms with Gasteiger partial charge in [-0.3, -0.25) is 4.79 Å². The number of amides is 1. The Balaban J connectivity index is 1.50. The molecule has 1 saturated heterocycles. The van der Waals surface area contributed by atoms with Crippen molar-refractivity contribution in [2.24, 2.45) is 0 Å². The summed E-state index contributed by atoms with van der Waals surface area (Å²) in [6, 6.07) is 10.2. The maximum absolute atomic E-state index is 12.8. The molecule has 1 aromatic carbocycles. The molecule has 2 aromatic heterocycles. The van der Waals surface area contributed by atoms with Crippen LogP contribution in [0.3, 0.4) is 0 Å². The second-order valence-corrected chi connectivity index (χ2v) is 7.67. The molecule has 4 rings (SSSR count). The fraction of sp³-hybridized carbons (Fsp3) is 0.350. The van der Waals surface area contributed by atoms with Crippen LogP contribution in [-0.2, 0) is 0 Å². The second-order valence-electron chi connectivity index (χ2n) is 6.82. The highest BCUT2D eigenvalue weighted by molar-refractivity contribution is 7.13. The fourth-order valence-corrected chi connectivity index (χ4v) is 4.11.